The second kappa shape index (κ2) is 10.8. The summed E-state index contributed by atoms with van der Waals surface area (Å²) in [5.74, 6) is 0.681. The van der Waals surface area contributed by atoms with Gasteiger partial charge in [-0.05, 0) is 62.0 Å². The first-order valence-corrected chi connectivity index (χ1v) is 11.3. The molecule has 3 rings (SSSR count). The molecule has 3 N–H and O–H groups in total. The number of pyridine rings is 1. The number of hydrogen-bond acceptors (Lipinski definition) is 5. The SMILES string of the molecule is CC(C)CC(=O)N[C@@H](CCO[C@H]1C[C@H](CCc2ccc3c(n2)NCCC3)C1)C(=O)O. The summed E-state index contributed by atoms with van der Waals surface area (Å²) in [6.45, 7) is 5.23. The second-order valence-corrected chi connectivity index (χ2v) is 9.05. The lowest BCUT2D eigenvalue weighted by molar-refractivity contribution is -0.143. The number of carbonyl (C=O) groups excluding carboxylic acids is 1. The van der Waals surface area contributed by atoms with E-state index in [1.807, 2.05) is 13.8 Å². The number of aromatic nitrogens is 1. The van der Waals surface area contributed by atoms with E-state index in [9.17, 15) is 14.7 Å². The number of nitrogens with one attached hydrogen (secondary N) is 2. The number of anilines is 1. The topological polar surface area (TPSA) is 101 Å². The standard InChI is InChI=1S/C23H35N3O4/c1-15(2)12-21(27)26-20(23(28)29)9-11-30-19-13-16(14-19)5-7-18-8-6-17-4-3-10-24-22(17)25-18/h6,8,15-16,19-20H,3-5,7,9-14H2,1-2H3,(H,24,25)(H,26,27)(H,28,29)/t16-,19-,20-/m0/s1. The molecule has 0 radical (unpaired) electrons. The molecular formula is C23H35N3O4. The van der Waals surface area contributed by atoms with E-state index >= 15 is 0 Å². The number of aryl methyl sites for hydroxylation is 2. The molecule has 1 aromatic rings. The average Bonchev–Trinajstić information content (AvgIpc) is 2.67. The highest BCUT2D eigenvalue weighted by Crippen LogP contribution is 2.34. The van der Waals surface area contributed by atoms with Crippen molar-refractivity contribution < 1.29 is 19.4 Å². The van der Waals surface area contributed by atoms with E-state index in [1.54, 1.807) is 0 Å². The Labute approximate surface area is 179 Å². The van der Waals surface area contributed by atoms with Crippen LogP contribution >= 0.6 is 0 Å². The third-order valence-corrected chi connectivity index (χ3v) is 5.94. The lowest BCUT2D eigenvalue weighted by Gasteiger charge is -2.35. The van der Waals surface area contributed by atoms with E-state index in [4.69, 9.17) is 9.72 Å². The minimum absolute atomic E-state index is 0.203. The molecule has 166 valence electrons. The van der Waals surface area contributed by atoms with Crippen LogP contribution in [0.15, 0.2) is 12.1 Å². The maximum absolute atomic E-state index is 11.8. The number of ether oxygens (including phenoxy) is 1. The molecule has 7 heteroatoms. The van der Waals surface area contributed by atoms with Crippen LogP contribution in [0.4, 0.5) is 5.82 Å². The van der Waals surface area contributed by atoms with Crippen molar-refractivity contribution in [3.63, 3.8) is 0 Å². The van der Waals surface area contributed by atoms with Gasteiger partial charge in [-0.2, -0.15) is 0 Å². The van der Waals surface area contributed by atoms with Crippen LogP contribution in [0.2, 0.25) is 0 Å². The first kappa shape index (κ1) is 22.5. The van der Waals surface area contributed by atoms with Crippen LogP contribution in [-0.4, -0.2) is 47.3 Å². The molecule has 0 spiro atoms. The van der Waals surface area contributed by atoms with E-state index in [-0.39, 0.29) is 17.9 Å². The van der Waals surface area contributed by atoms with E-state index in [0.29, 0.717) is 25.4 Å². The molecule has 2 heterocycles. The Bertz CT molecular complexity index is 731. The Morgan fingerprint density at radius 2 is 2.13 bits per heavy atom. The zero-order chi connectivity index (χ0) is 21.5. The van der Waals surface area contributed by atoms with Gasteiger partial charge in [-0.3, -0.25) is 4.79 Å². The van der Waals surface area contributed by atoms with Gasteiger partial charge in [0.05, 0.1) is 6.10 Å². The van der Waals surface area contributed by atoms with Crippen molar-refractivity contribution in [3.05, 3.63) is 23.4 Å². The number of amides is 1. The van der Waals surface area contributed by atoms with Crippen molar-refractivity contribution in [1.29, 1.82) is 0 Å². The molecule has 0 saturated heterocycles. The highest BCUT2D eigenvalue weighted by Gasteiger charge is 2.30. The zero-order valence-electron chi connectivity index (χ0n) is 18.2. The quantitative estimate of drug-likeness (QED) is 0.511. The molecule has 0 aromatic carbocycles. The van der Waals surface area contributed by atoms with Crippen LogP contribution in [0.5, 0.6) is 0 Å². The third-order valence-electron chi connectivity index (χ3n) is 5.94. The Morgan fingerprint density at radius 1 is 1.33 bits per heavy atom. The summed E-state index contributed by atoms with van der Waals surface area (Å²) in [6, 6.07) is 3.48. The van der Waals surface area contributed by atoms with Gasteiger partial charge >= 0.3 is 5.97 Å². The normalized spacial score (nSPS) is 21.3. The van der Waals surface area contributed by atoms with Crippen molar-refractivity contribution in [2.24, 2.45) is 11.8 Å². The molecule has 1 atom stereocenters. The van der Waals surface area contributed by atoms with Gasteiger partial charge < -0.3 is 20.5 Å². The first-order valence-electron chi connectivity index (χ1n) is 11.3. The number of carbonyl (C=O) groups is 2. The Hall–Kier alpha value is -2.15. The third kappa shape index (κ3) is 6.69. The van der Waals surface area contributed by atoms with Crippen LogP contribution in [0.25, 0.3) is 0 Å². The number of hydrogen-bond donors (Lipinski definition) is 3. The van der Waals surface area contributed by atoms with Gasteiger partial charge in [-0.15, -0.1) is 0 Å². The highest BCUT2D eigenvalue weighted by molar-refractivity contribution is 5.83. The maximum atomic E-state index is 11.8. The van der Waals surface area contributed by atoms with Gasteiger partial charge in [-0.25, -0.2) is 9.78 Å². The van der Waals surface area contributed by atoms with Crippen LogP contribution < -0.4 is 10.6 Å². The van der Waals surface area contributed by atoms with Crippen molar-refractivity contribution in [1.82, 2.24) is 10.3 Å². The van der Waals surface area contributed by atoms with Gasteiger partial charge in [0.2, 0.25) is 5.91 Å². The van der Waals surface area contributed by atoms with E-state index in [2.05, 4.69) is 22.8 Å². The van der Waals surface area contributed by atoms with Crippen LogP contribution in [0, 0.1) is 11.8 Å². The van der Waals surface area contributed by atoms with Crippen molar-refractivity contribution in [2.75, 3.05) is 18.5 Å². The van der Waals surface area contributed by atoms with Gasteiger partial charge in [0.1, 0.15) is 11.9 Å². The fourth-order valence-corrected chi connectivity index (χ4v) is 4.14. The van der Waals surface area contributed by atoms with E-state index < -0.39 is 12.0 Å². The summed E-state index contributed by atoms with van der Waals surface area (Å²) < 4.78 is 5.84. The largest absolute Gasteiger partial charge is 0.480 e. The number of nitrogens with zero attached hydrogens (tertiary/aromatic N) is 1. The van der Waals surface area contributed by atoms with Gasteiger partial charge in [-0.1, -0.05) is 19.9 Å². The molecule has 0 bridgehead atoms. The fraction of sp³-hybridized carbons (Fsp3) is 0.696. The molecule has 1 amide bonds. The number of carboxylic acids is 1. The van der Waals surface area contributed by atoms with E-state index in [0.717, 1.165) is 50.2 Å². The average molecular weight is 418 g/mol. The molecule has 0 unspecified atom stereocenters. The van der Waals surface area contributed by atoms with Gasteiger partial charge in [0, 0.05) is 31.7 Å². The van der Waals surface area contributed by atoms with Crippen molar-refractivity contribution >= 4 is 17.7 Å². The lowest BCUT2D eigenvalue weighted by atomic mass is 9.79. The number of carboxylic acid groups (broad SMARTS) is 1. The van der Waals surface area contributed by atoms with Gasteiger partial charge in [0.25, 0.3) is 0 Å². The molecule has 1 aliphatic heterocycles. The zero-order valence-corrected chi connectivity index (χ0v) is 18.2. The fourth-order valence-electron chi connectivity index (χ4n) is 4.14. The monoisotopic (exact) mass is 417 g/mol. The summed E-state index contributed by atoms with van der Waals surface area (Å²) in [5, 5.41) is 15.3. The molecule has 7 nitrogen and oxygen atoms in total. The minimum Gasteiger partial charge on any atom is -0.480 e. The first-order chi connectivity index (χ1) is 14.4. The molecular weight excluding hydrogens is 382 g/mol. The molecule has 1 aromatic heterocycles. The summed E-state index contributed by atoms with van der Waals surface area (Å²) in [4.78, 5) is 27.9. The Morgan fingerprint density at radius 3 is 2.87 bits per heavy atom. The smallest absolute Gasteiger partial charge is 0.326 e. The molecule has 1 saturated carbocycles. The summed E-state index contributed by atoms with van der Waals surface area (Å²) in [7, 11) is 0. The maximum Gasteiger partial charge on any atom is 0.326 e. The number of rotatable bonds is 11. The molecule has 1 fully saturated rings. The minimum atomic E-state index is -1.01. The van der Waals surface area contributed by atoms with Gasteiger partial charge in [0.15, 0.2) is 0 Å². The van der Waals surface area contributed by atoms with Crippen LogP contribution in [-0.2, 0) is 27.2 Å². The number of fused-ring (bicyclic) bond motifs is 1. The van der Waals surface area contributed by atoms with Crippen LogP contribution in [0.1, 0.15) is 63.6 Å². The Kier molecular flexibility index (Phi) is 8.08. The summed E-state index contributed by atoms with van der Waals surface area (Å²) in [5.41, 5.74) is 2.47. The lowest BCUT2D eigenvalue weighted by Crippen LogP contribution is -2.42. The predicted molar refractivity (Wildman–Crippen MR) is 115 cm³/mol. The second-order valence-electron chi connectivity index (χ2n) is 9.05. The summed E-state index contributed by atoms with van der Waals surface area (Å²) in [6.07, 6.45) is 7.24. The number of aliphatic carboxylic acids is 1. The predicted octanol–water partition coefficient (Wildman–Crippen LogP) is 3.17. The Balaban J connectivity index is 1.31. The van der Waals surface area contributed by atoms with Crippen molar-refractivity contribution in [2.45, 2.75) is 77.4 Å². The molecule has 2 aliphatic rings. The van der Waals surface area contributed by atoms with Crippen LogP contribution in [0.3, 0.4) is 0 Å². The van der Waals surface area contributed by atoms with E-state index in [1.165, 1.54) is 12.0 Å². The molecule has 1 aliphatic carbocycles. The highest BCUT2D eigenvalue weighted by atomic mass is 16.5. The summed E-state index contributed by atoms with van der Waals surface area (Å²) >= 11 is 0. The van der Waals surface area contributed by atoms with Crippen molar-refractivity contribution in [3.8, 4) is 0 Å². The molecule has 30 heavy (non-hydrogen) atoms.